The second-order valence-electron chi connectivity index (χ2n) is 4.45. The van der Waals surface area contributed by atoms with Crippen LogP contribution in [0.25, 0.3) is 0 Å². The minimum Gasteiger partial charge on any atom is -0.384 e. The van der Waals surface area contributed by atoms with Crippen molar-refractivity contribution in [1.29, 1.82) is 0 Å². The molecule has 0 N–H and O–H groups in total. The Kier molecular flexibility index (Phi) is 4.74. The summed E-state index contributed by atoms with van der Waals surface area (Å²) in [6, 6.07) is 1.80. The average molecular weight is 272 g/mol. The van der Waals surface area contributed by atoms with Crippen molar-refractivity contribution in [2.45, 2.75) is 13.0 Å². The molecule has 1 aromatic rings. The lowest BCUT2D eigenvalue weighted by Gasteiger charge is -2.18. The van der Waals surface area contributed by atoms with Crippen molar-refractivity contribution in [1.82, 2.24) is 9.97 Å². The Balaban J connectivity index is 2.08. The highest BCUT2D eigenvalue weighted by molar-refractivity contribution is 6.29. The number of anilines is 1. The Morgan fingerprint density at radius 3 is 2.94 bits per heavy atom. The van der Waals surface area contributed by atoms with Crippen LogP contribution in [0.5, 0.6) is 0 Å². The van der Waals surface area contributed by atoms with Gasteiger partial charge in [0.15, 0.2) is 5.82 Å². The van der Waals surface area contributed by atoms with Crippen LogP contribution < -0.4 is 4.90 Å². The van der Waals surface area contributed by atoms with Crippen LogP contribution in [0, 0.1) is 5.92 Å². The van der Waals surface area contributed by atoms with Crippen molar-refractivity contribution >= 4 is 17.4 Å². The fraction of sp³-hybridized carbons (Fsp3) is 0.667. The molecule has 0 amide bonds. The zero-order valence-corrected chi connectivity index (χ0v) is 11.5. The van der Waals surface area contributed by atoms with Crippen LogP contribution in [-0.2, 0) is 16.1 Å². The van der Waals surface area contributed by atoms with E-state index in [-0.39, 0.29) is 0 Å². The summed E-state index contributed by atoms with van der Waals surface area (Å²) in [5.41, 5.74) is 0. The van der Waals surface area contributed by atoms with E-state index >= 15 is 0 Å². The van der Waals surface area contributed by atoms with E-state index in [1.165, 1.54) is 0 Å². The second-order valence-corrected chi connectivity index (χ2v) is 4.84. The molecule has 0 spiro atoms. The highest BCUT2D eigenvalue weighted by atomic mass is 35.5. The van der Waals surface area contributed by atoms with Crippen molar-refractivity contribution in [3.05, 3.63) is 17.0 Å². The lowest BCUT2D eigenvalue weighted by atomic mass is 10.1. The van der Waals surface area contributed by atoms with Crippen molar-refractivity contribution < 1.29 is 9.47 Å². The number of hydrogen-bond donors (Lipinski definition) is 0. The van der Waals surface area contributed by atoms with Gasteiger partial charge in [-0.3, -0.25) is 0 Å². The largest absolute Gasteiger partial charge is 0.384 e. The van der Waals surface area contributed by atoms with Gasteiger partial charge in [-0.2, -0.15) is 0 Å². The number of nitrogens with zero attached hydrogens (tertiary/aromatic N) is 3. The Bertz CT molecular complexity index is 403. The Hall–Kier alpha value is -0.910. The van der Waals surface area contributed by atoms with Gasteiger partial charge in [-0.1, -0.05) is 11.6 Å². The van der Waals surface area contributed by atoms with E-state index in [0.717, 1.165) is 31.9 Å². The molecule has 1 aliphatic rings. The predicted octanol–water partition coefficient (Wildman–Crippen LogP) is 1.75. The van der Waals surface area contributed by atoms with Crippen molar-refractivity contribution in [3.8, 4) is 0 Å². The monoisotopic (exact) mass is 271 g/mol. The summed E-state index contributed by atoms with van der Waals surface area (Å²) in [7, 11) is 3.36. The van der Waals surface area contributed by atoms with Gasteiger partial charge in [-0.05, 0) is 6.42 Å². The Morgan fingerprint density at radius 2 is 2.22 bits per heavy atom. The minimum atomic E-state index is 0.378. The van der Waals surface area contributed by atoms with E-state index in [1.54, 1.807) is 20.3 Å². The maximum absolute atomic E-state index is 6.00. The molecule has 0 aromatic carbocycles. The fourth-order valence-corrected chi connectivity index (χ4v) is 2.41. The van der Waals surface area contributed by atoms with Crippen LogP contribution in [-0.4, -0.2) is 43.9 Å². The van der Waals surface area contributed by atoms with E-state index in [4.69, 9.17) is 21.1 Å². The summed E-state index contributed by atoms with van der Waals surface area (Å²) < 4.78 is 10.2. The summed E-state index contributed by atoms with van der Waals surface area (Å²) in [5.74, 6) is 2.06. The van der Waals surface area contributed by atoms with E-state index in [9.17, 15) is 0 Å². The van der Waals surface area contributed by atoms with Gasteiger partial charge in [0.1, 0.15) is 17.6 Å². The quantitative estimate of drug-likeness (QED) is 0.764. The molecule has 2 heterocycles. The molecule has 1 atom stereocenters. The SMILES string of the molecule is COCc1nc(Cl)cc(N2CCC(COC)C2)n1. The molecule has 1 aliphatic heterocycles. The van der Waals surface area contributed by atoms with E-state index < -0.39 is 0 Å². The smallest absolute Gasteiger partial charge is 0.158 e. The molecular weight excluding hydrogens is 254 g/mol. The first kappa shape index (κ1) is 13.5. The highest BCUT2D eigenvalue weighted by Gasteiger charge is 2.24. The summed E-state index contributed by atoms with van der Waals surface area (Å²) in [4.78, 5) is 10.8. The lowest BCUT2D eigenvalue weighted by molar-refractivity contribution is 0.161. The molecule has 1 saturated heterocycles. The van der Waals surface area contributed by atoms with Crippen LogP contribution in [0.3, 0.4) is 0 Å². The molecule has 2 rings (SSSR count). The minimum absolute atomic E-state index is 0.378. The van der Waals surface area contributed by atoms with E-state index in [2.05, 4.69) is 14.9 Å². The number of halogens is 1. The van der Waals surface area contributed by atoms with Crippen molar-refractivity contribution in [2.24, 2.45) is 5.92 Å². The van der Waals surface area contributed by atoms with E-state index in [0.29, 0.717) is 23.5 Å². The maximum atomic E-state index is 6.00. The normalized spacial score (nSPS) is 19.5. The van der Waals surface area contributed by atoms with Crippen molar-refractivity contribution in [2.75, 3.05) is 38.8 Å². The molecule has 1 fully saturated rings. The lowest BCUT2D eigenvalue weighted by Crippen LogP contribution is -2.22. The molecule has 100 valence electrons. The number of ether oxygens (including phenoxy) is 2. The van der Waals surface area contributed by atoms with Crippen LogP contribution in [0.15, 0.2) is 6.07 Å². The van der Waals surface area contributed by atoms with Gasteiger partial charge >= 0.3 is 0 Å². The first-order chi connectivity index (χ1) is 8.72. The number of rotatable bonds is 5. The van der Waals surface area contributed by atoms with Gasteiger partial charge in [0.25, 0.3) is 0 Å². The molecule has 6 heteroatoms. The molecular formula is C12H18ClN3O2. The van der Waals surface area contributed by atoms with Gasteiger partial charge in [0, 0.05) is 39.3 Å². The van der Waals surface area contributed by atoms with Crippen LogP contribution >= 0.6 is 11.6 Å². The maximum Gasteiger partial charge on any atom is 0.158 e. The predicted molar refractivity (Wildman–Crippen MR) is 70.0 cm³/mol. The topological polar surface area (TPSA) is 47.5 Å². The standard InChI is InChI=1S/C12H18ClN3O2/c1-17-7-9-3-4-16(6-9)12-5-10(13)14-11(15-12)8-18-2/h5,9H,3-4,6-8H2,1-2H3. The van der Waals surface area contributed by atoms with Gasteiger partial charge < -0.3 is 14.4 Å². The number of methoxy groups -OCH3 is 2. The molecule has 0 aliphatic carbocycles. The molecule has 0 radical (unpaired) electrons. The third-order valence-electron chi connectivity index (χ3n) is 3.01. The van der Waals surface area contributed by atoms with Gasteiger partial charge in [0.05, 0.1) is 6.61 Å². The molecule has 0 bridgehead atoms. The summed E-state index contributed by atoms with van der Waals surface area (Å²) in [6.45, 7) is 3.10. The first-order valence-corrected chi connectivity index (χ1v) is 6.37. The molecule has 1 aromatic heterocycles. The molecule has 1 unspecified atom stereocenters. The zero-order chi connectivity index (χ0) is 13.0. The molecule has 18 heavy (non-hydrogen) atoms. The summed E-state index contributed by atoms with van der Waals surface area (Å²) in [6.07, 6.45) is 1.12. The van der Waals surface area contributed by atoms with Crippen LogP contribution in [0.2, 0.25) is 5.15 Å². The zero-order valence-electron chi connectivity index (χ0n) is 10.7. The van der Waals surface area contributed by atoms with Gasteiger partial charge in [0.2, 0.25) is 0 Å². The van der Waals surface area contributed by atoms with Gasteiger partial charge in [-0.25, -0.2) is 9.97 Å². The molecule has 5 nitrogen and oxygen atoms in total. The second kappa shape index (κ2) is 6.31. The number of aromatic nitrogens is 2. The average Bonchev–Trinajstić information content (AvgIpc) is 2.78. The fourth-order valence-electron chi connectivity index (χ4n) is 2.22. The Labute approximate surface area is 112 Å². The van der Waals surface area contributed by atoms with Crippen LogP contribution in [0.1, 0.15) is 12.2 Å². The third kappa shape index (κ3) is 3.31. The first-order valence-electron chi connectivity index (χ1n) is 5.99. The summed E-state index contributed by atoms with van der Waals surface area (Å²) >= 11 is 6.00. The van der Waals surface area contributed by atoms with E-state index in [1.807, 2.05) is 0 Å². The highest BCUT2D eigenvalue weighted by Crippen LogP contribution is 2.24. The van der Waals surface area contributed by atoms with Crippen molar-refractivity contribution in [3.63, 3.8) is 0 Å². The Morgan fingerprint density at radius 1 is 1.39 bits per heavy atom. The molecule has 0 saturated carbocycles. The third-order valence-corrected chi connectivity index (χ3v) is 3.21. The summed E-state index contributed by atoms with van der Waals surface area (Å²) in [5, 5.41) is 0.460. The van der Waals surface area contributed by atoms with Gasteiger partial charge in [-0.15, -0.1) is 0 Å². The number of hydrogen-bond acceptors (Lipinski definition) is 5. The van der Waals surface area contributed by atoms with Crippen LogP contribution in [0.4, 0.5) is 5.82 Å².